The topological polar surface area (TPSA) is 72.1 Å². The second-order valence-electron chi connectivity index (χ2n) is 7.12. The number of amides is 1. The highest BCUT2D eigenvalue weighted by molar-refractivity contribution is 6.07. The van der Waals surface area contributed by atoms with Gasteiger partial charge in [0.05, 0.1) is 12.2 Å². The minimum absolute atomic E-state index is 0.0186. The van der Waals surface area contributed by atoms with E-state index >= 15 is 0 Å². The molecular weight excluding hydrogens is 385 g/mol. The summed E-state index contributed by atoms with van der Waals surface area (Å²) in [6.45, 7) is 3.63. The van der Waals surface area contributed by atoms with Crippen LogP contribution in [0.3, 0.4) is 0 Å². The number of nitrogens with one attached hydrogen (secondary N) is 2. The van der Waals surface area contributed by atoms with E-state index in [0.29, 0.717) is 11.3 Å². The number of halogens is 3. The van der Waals surface area contributed by atoms with Crippen LogP contribution in [0.15, 0.2) is 47.0 Å². The normalized spacial score (nSPS) is 18.8. The number of rotatable bonds is 3. The summed E-state index contributed by atoms with van der Waals surface area (Å²) in [5.41, 5.74) is 1.74. The smallest absolute Gasteiger partial charge is 0.410 e. The fourth-order valence-corrected chi connectivity index (χ4v) is 3.43. The lowest BCUT2D eigenvalue weighted by atomic mass is 9.96. The number of nitrogens with zero attached hydrogens (tertiary/aromatic N) is 2. The highest BCUT2D eigenvalue weighted by Gasteiger charge is 2.47. The fraction of sp³-hybridized carbons (Fsp3) is 0.300. The van der Waals surface area contributed by atoms with Gasteiger partial charge < -0.3 is 9.73 Å². The highest BCUT2D eigenvalue weighted by atomic mass is 19.4. The number of benzene rings is 1. The van der Waals surface area contributed by atoms with Crippen LogP contribution in [0, 0.1) is 13.8 Å². The number of furan rings is 1. The summed E-state index contributed by atoms with van der Waals surface area (Å²) in [4.78, 5) is 12.7. The molecule has 1 aliphatic rings. The van der Waals surface area contributed by atoms with Crippen molar-refractivity contribution in [3.05, 3.63) is 65.0 Å². The van der Waals surface area contributed by atoms with Crippen LogP contribution < -0.4 is 10.6 Å². The van der Waals surface area contributed by atoms with E-state index in [0.717, 1.165) is 16.4 Å². The molecule has 29 heavy (non-hydrogen) atoms. The van der Waals surface area contributed by atoms with Crippen LogP contribution in [-0.2, 0) is 0 Å². The van der Waals surface area contributed by atoms with Crippen LogP contribution in [0.25, 0.3) is 0 Å². The van der Waals surface area contributed by atoms with Gasteiger partial charge in [-0.3, -0.25) is 10.1 Å². The third kappa shape index (κ3) is 3.72. The number of aryl methyl sites for hydroxylation is 2. The molecule has 0 radical (unpaired) electrons. The Bertz CT molecular complexity index is 1040. The number of carbonyl (C=O) groups excluding carboxylic acids is 1. The first-order valence-electron chi connectivity index (χ1n) is 9.07. The molecule has 1 aromatic carbocycles. The average Bonchev–Trinajstić information content (AvgIpc) is 3.26. The van der Waals surface area contributed by atoms with Crippen molar-refractivity contribution in [2.45, 2.75) is 38.5 Å². The van der Waals surface area contributed by atoms with Gasteiger partial charge >= 0.3 is 6.18 Å². The first-order chi connectivity index (χ1) is 13.7. The zero-order valence-electron chi connectivity index (χ0n) is 15.7. The lowest BCUT2D eigenvalue weighted by Gasteiger charge is -2.34. The third-order valence-electron chi connectivity index (χ3n) is 4.94. The highest BCUT2D eigenvalue weighted by Crippen LogP contribution is 2.44. The molecule has 4 rings (SSSR count). The van der Waals surface area contributed by atoms with Crippen molar-refractivity contribution >= 4 is 17.6 Å². The number of carbonyl (C=O) groups is 1. The maximum absolute atomic E-state index is 13.7. The Balaban J connectivity index is 1.69. The molecule has 0 saturated heterocycles. The summed E-state index contributed by atoms with van der Waals surface area (Å²) in [6.07, 6.45) is -3.58. The van der Waals surface area contributed by atoms with Crippen molar-refractivity contribution in [3.63, 3.8) is 0 Å². The van der Waals surface area contributed by atoms with Crippen molar-refractivity contribution in [2.24, 2.45) is 0 Å². The molecule has 0 aliphatic carbocycles. The molecule has 1 amide bonds. The van der Waals surface area contributed by atoms with Gasteiger partial charge in [-0.15, -0.1) is 0 Å². The minimum Gasteiger partial charge on any atom is -0.446 e. The Labute approximate surface area is 164 Å². The molecule has 2 N–H and O–H groups in total. The molecule has 3 heterocycles. The van der Waals surface area contributed by atoms with Gasteiger partial charge in [0, 0.05) is 12.5 Å². The van der Waals surface area contributed by atoms with E-state index in [1.807, 2.05) is 19.1 Å². The molecule has 2 unspecified atom stereocenters. The van der Waals surface area contributed by atoms with Gasteiger partial charge in [-0.05, 0) is 25.5 Å². The van der Waals surface area contributed by atoms with Crippen LogP contribution in [0.2, 0.25) is 0 Å². The monoisotopic (exact) mass is 404 g/mol. The van der Waals surface area contributed by atoms with E-state index in [-0.39, 0.29) is 23.7 Å². The molecule has 0 fully saturated rings. The van der Waals surface area contributed by atoms with Crippen LogP contribution >= 0.6 is 0 Å². The predicted octanol–water partition coefficient (Wildman–Crippen LogP) is 5.01. The fourth-order valence-electron chi connectivity index (χ4n) is 3.43. The number of fused-ring (bicyclic) bond motifs is 1. The van der Waals surface area contributed by atoms with Gasteiger partial charge in [-0.2, -0.15) is 18.3 Å². The van der Waals surface area contributed by atoms with Gasteiger partial charge in [0.1, 0.15) is 17.1 Å². The first-order valence-corrected chi connectivity index (χ1v) is 9.07. The van der Waals surface area contributed by atoms with E-state index in [1.54, 1.807) is 31.2 Å². The minimum atomic E-state index is -4.50. The van der Waals surface area contributed by atoms with Crippen molar-refractivity contribution < 1.29 is 22.4 Å². The van der Waals surface area contributed by atoms with Crippen molar-refractivity contribution in [1.82, 2.24) is 9.78 Å². The second-order valence-corrected chi connectivity index (χ2v) is 7.12. The zero-order valence-corrected chi connectivity index (χ0v) is 15.7. The van der Waals surface area contributed by atoms with Gasteiger partial charge in [0.15, 0.2) is 11.9 Å². The molecule has 9 heteroatoms. The summed E-state index contributed by atoms with van der Waals surface area (Å²) in [5.74, 6) is 0.251. The second kappa shape index (κ2) is 6.98. The molecule has 0 bridgehead atoms. The lowest BCUT2D eigenvalue weighted by Crippen LogP contribution is -2.36. The Kier molecular flexibility index (Phi) is 4.60. The maximum Gasteiger partial charge on any atom is 0.410 e. The summed E-state index contributed by atoms with van der Waals surface area (Å²) in [6, 6.07) is 8.08. The van der Waals surface area contributed by atoms with E-state index in [9.17, 15) is 18.0 Å². The Morgan fingerprint density at radius 1 is 1.21 bits per heavy atom. The molecule has 2 aromatic heterocycles. The molecule has 3 aromatic rings. The van der Waals surface area contributed by atoms with Gasteiger partial charge in [0.25, 0.3) is 5.91 Å². The molecular formula is C20H19F3N4O2. The molecule has 0 saturated carbocycles. The van der Waals surface area contributed by atoms with Crippen LogP contribution in [0.4, 0.5) is 24.9 Å². The molecule has 6 nitrogen and oxygen atoms in total. The van der Waals surface area contributed by atoms with Gasteiger partial charge in [0.2, 0.25) is 0 Å². The zero-order chi connectivity index (χ0) is 20.8. The SMILES string of the molecule is Cc1ccc(C2CC(C(F)(F)F)n3ncc(C(=O)Nc4ccc(C)o4)c3N2)cc1. The van der Waals surface area contributed by atoms with Gasteiger partial charge in [-0.25, -0.2) is 4.68 Å². The van der Waals surface area contributed by atoms with Crippen molar-refractivity contribution in [3.8, 4) is 0 Å². The largest absolute Gasteiger partial charge is 0.446 e. The van der Waals surface area contributed by atoms with Gasteiger partial charge in [-0.1, -0.05) is 29.8 Å². The summed E-state index contributed by atoms with van der Waals surface area (Å²) in [7, 11) is 0. The number of hydrogen-bond donors (Lipinski definition) is 2. The van der Waals surface area contributed by atoms with E-state index in [4.69, 9.17) is 4.42 Å². The number of hydrogen-bond acceptors (Lipinski definition) is 4. The third-order valence-corrected chi connectivity index (χ3v) is 4.94. The lowest BCUT2D eigenvalue weighted by molar-refractivity contribution is -0.173. The summed E-state index contributed by atoms with van der Waals surface area (Å²) in [5, 5.41) is 9.47. The summed E-state index contributed by atoms with van der Waals surface area (Å²) < 4.78 is 47.3. The predicted molar refractivity (Wildman–Crippen MR) is 101 cm³/mol. The van der Waals surface area contributed by atoms with E-state index in [1.165, 1.54) is 0 Å². The maximum atomic E-state index is 13.7. The number of anilines is 2. The van der Waals surface area contributed by atoms with Crippen LogP contribution in [-0.4, -0.2) is 21.9 Å². The summed E-state index contributed by atoms with van der Waals surface area (Å²) >= 11 is 0. The number of aromatic nitrogens is 2. The first kappa shape index (κ1) is 19.1. The average molecular weight is 404 g/mol. The Hall–Kier alpha value is -3.23. The van der Waals surface area contributed by atoms with Crippen LogP contribution in [0.1, 0.15) is 45.7 Å². The van der Waals surface area contributed by atoms with E-state index in [2.05, 4.69) is 15.7 Å². The Morgan fingerprint density at radius 2 is 1.93 bits per heavy atom. The quantitative estimate of drug-likeness (QED) is 0.644. The Morgan fingerprint density at radius 3 is 2.55 bits per heavy atom. The molecule has 1 aliphatic heterocycles. The molecule has 0 spiro atoms. The van der Waals surface area contributed by atoms with Crippen LogP contribution in [0.5, 0.6) is 0 Å². The molecule has 2 atom stereocenters. The standard InChI is InChI=1S/C20H19F3N4O2/c1-11-3-6-13(7-4-11)15-9-16(20(21,22)23)27-18(25-15)14(10-24-27)19(28)26-17-8-5-12(2)29-17/h3-8,10,15-16,25H,9H2,1-2H3,(H,26,28). The van der Waals surface area contributed by atoms with Crippen molar-refractivity contribution in [1.29, 1.82) is 0 Å². The van der Waals surface area contributed by atoms with Crippen molar-refractivity contribution in [2.75, 3.05) is 10.6 Å². The molecule has 152 valence electrons. The van der Waals surface area contributed by atoms with E-state index < -0.39 is 24.2 Å². The number of alkyl halides is 3.